The Bertz CT molecular complexity index is 1150. The zero-order valence-corrected chi connectivity index (χ0v) is 15.9. The molecule has 144 valence electrons. The van der Waals surface area contributed by atoms with Crippen LogP contribution in [0.4, 0.5) is 0 Å². The van der Waals surface area contributed by atoms with E-state index >= 15 is 0 Å². The minimum absolute atomic E-state index is 0.0491. The lowest BCUT2D eigenvalue weighted by Gasteiger charge is -2.23. The molecule has 0 radical (unpaired) electrons. The molecule has 0 N–H and O–H groups in total. The minimum Gasteiger partial charge on any atom is -0.496 e. The maximum Gasteiger partial charge on any atom is 0.290 e. The average molecular weight is 381 g/mol. The van der Waals surface area contributed by atoms with Crippen molar-refractivity contribution in [3.05, 3.63) is 63.5 Å². The van der Waals surface area contributed by atoms with E-state index in [-0.39, 0.29) is 22.7 Å². The van der Waals surface area contributed by atoms with Gasteiger partial charge in [-0.05, 0) is 18.2 Å². The van der Waals surface area contributed by atoms with Crippen LogP contribution in [0, 0.1) is 0 Å². The van der Waals surface area contributed by atoms with Gasteiger partial charge in [-0.1, -0.05) is 12.1 Å². The Morgan fingerprint density at radius 1 is 0.929 bits per heavy atom. The Morgan fingerprint density at radius 2 is 1.57 bits per heavy atom. The maximum absolute atomic E-state index is 13.2. The van der Waals surface area contributed by atoms with Crippen LogP contribution in [0.15, 0.2) is 45.6 Å². The predicted molar refractivity (Wildman–Crippen MR) is 103 cm³/mol. The van der Waals surface area contributed by atoms with Crippen LogP contribution in [0.1, 0.15) is 27.7 Å². The zero-order valence-electron chi connectivity index (χ0n) is 15.9. The second-order valence-electron chi connectivity index (χ2n) is 6.44. The van der Waals surface area contributed by atoms with Gasteiger partial charge in [0.25, 0.3) is 5.91 Å². The van der Waals surface area contributed by atoms with Gasteiger partial charge in [-0.25, -0.2) is 0 Å². The highest BCUT2D eigenvalue weighted by Gasteiger charge is 2.42. The number of hydrogen-bond donors (Lipinski definition) is 0. The van der Waals surface area contributed by atoms with E-state index in [4.69, 9.17) is 18.6 Å². The van der Waals surface area contributed by atoms with Crippen molar-refractivity contribution in [1.82, 2.24) is 4.90 Å². The molecule has 1 unspecified atom stereocenters. The summed E-state index contributed by atoms with van der Waals surface area (Å²) in [5.41, 5.74) is 1.04. The first-order valence-corrected chi connectivity index (χ1v) is 8.64. The summed E-state index contributed by atoms with van der Waals surface area (Å²) in [4.78, 5) is 27.6. The molecule has 7 heteroatoms. The summed E-state index contributed by atoms with van der Waals surface area (Å²) in [5, 5.41) is 0.425. The smallest absolute Gasteiger partial charge is 0.290 e. The average Bonchev–Trinajstić information content (AvgIpc) is 2.98. The quantitative estimate of drug-likeness (QED) is 0.691. The molecule has 1 aliphatic heterocycles. The predicted octanol–water partition coefficient (Wildman–Crippen LogP) is 2.99. The lowest BCUT2D eigenvalue weighted by Crippen LogP contribution is -2.25. The molecule has 1 amide bonds. The molecule has 28 heavy (non-hydrogen) atoms. The number of benzene rings is 2. The zero-order chi connectivity index (χ0) is 20.0. The number of carbonyl (C=O) groups is 1. The van der Waals surface area contributed by atoms with Crippen LogP contribution < -0.4 is 19.6 Å². The number of amides is 1. The van der Waals surface area contributed by atoms with Crippen LogP contribution in [0.2, 0.25) is 0 Å². The molecule has 7 nitrogen and oxygen atoms in total. The van der Waals surface area contributed by atoms with Crippen LogP contribution in [-0.4, -0.2) is 39.2 Å². The molecule has 4 rings (SSSR count). The normalized spacial score (nSPS) is 15.6. The van der Waals surface area contributed by atoms with E-state index in [0.717, 1.165) is 0 Å². The number of nitrogens with zero attached hydrogens (tertiary/aromatic N) is 1. The molecule has 0 bridgehead atoms. The third kappa shape index (κ3) is 2.43. The number of methoxy groups -OCH3 is 3. The molecule has 1 aromatic heterocycles. The first-order valence-electron chi connectivity index (χ1n) is 8.64. The van der Waals surface area contributed by atoms with Gasteiger partial charge in [-0.2, -0.15) is 0 Å². The number of rotatable bonds is 4. The molecule has 0 fully saturated rings. The van der Waals surface area contributed by atoms with Crippen LogP contribution in [0.5, 0.6) is 17.2 Å². The van der Waals surface area contributed by atoms with Crippen molar-refractivity contribution in [1.29, 1.82) is 0 Å². The van der Waals surface area contributed by atoms with Crippen LogP contribution in [-0.2, 0) is 0 Å². The Morgan fingerprint density at radius 3 is 2.25 bits per heavy atom. The lowest BCUT2D eigenvalue weighted by atomic mass is 9.97. The Balaban J connectivity index is 2.03. The van der Waals surface area contributed by atoms with Crippen molar-refractivity contribution in [3.8, 4) is 17.2 Å². The number of carbonyl (C=O) groups excluding carboxylic acids is 1. The van der Waals surface area contributed by atoms with Crippen molar-refractivity contribution in [3.63, 3.8) is 0 Å². The fourth-order valence-corrected chi connectivity index (χ4v) is 3.67. The van der Waals surface area contributed by atoms with Gasteiger partial charge < -0.3 is 23.5 Å². The van der Waals surface area contributed by atoms with Gasteiger partial charge in [0, 0.05) is 18.7 Å². The molecule has 0 spiro atoms. The van der Waals surface area contributed by atoms with Crippen molar-refractivity contribution >= 4 is 16.9 Å². The Kier molecular flexibility index (Phi) is 4.22. The number of para-hydroxylation sites is 1. The third-order valence-corrected chi connectivity index (χ3v) is 5.04. The Labute approximate surface area is 161 Å². The summed E-state index contributed by atoms with van der Waals surface area (Å²) >= 11 is 0. The Hall–Kier alpha value is -3.48. The molecule has 0 saturated carbocycles. The van der Waals surface area contributed by atoms with Gasteiger partial charge in [0.05, 0.1) is 38.3 Å². The van der Waals surface area contributed by atoms with E-state index in [1.165, 1.54) is 26.2 Å². The molecule has 2 heterocycles. The van der Waals surface area contributed by atoms with Gasteiger partial charge >= 0.3 is 0 Å². The first kappa shape index (κ1) is 17.9. The largest absolute Gasteiger partial charge is 0.496 e. The summed E-state index contributed by atoms with van der Waals surface area (Å²) < 4.78 is 22.1. The molecule has 1 atom stereocenters. The van der Waals surface area contributed by atoms with Crippen LogP contribution in [0.3, 0.4) is 0 Å². The summed E-state index contributed by atoms with van der Waals surface area (Å²) in [6, 6.07) is 9.61. The topological polar surface area (TPSA) is 78.2 Å². The van der Waals surface area contributed by atoms with E-state index in [1.807, 2.05) is 0 Å². The lowest BCUT2D eigenvalue weighted by molar-refractivity contribution is 0.0770. The van der Waals surface area contributed by atoms with Crippen molar-refractivity contribution in [2.45, 2.75) is 6.04 Å². The summed E-state index contributed by atoms with van der Waals surface area (Å²) in [6.45, 7) is 0. The molecule has 3 aromatic rings. The summed E-state index contributed by atoms with van der Waals surface area (Å²) in [7, 11) is 6.19. The highest BCUT2D eigenvalue weighted by Crippen LogP contribution is 2.44. The van der Waals surface area contributed by atoms with Crippen LogP contribution in [0.25, 0.3) is 11.0 Å². The summed E-state index contributed by atoms with van der Waals surface area (Å²) in [5.74, 6) is 1.12. The standard InChI is InChI=1S/C21H19NO6/c1-22-18(12-9-15(26-3)16(27-4)10-14(12)25-2)17-19(23)11-7-5-6-8-13(11)28-20(17)21(22)24/h5-10,18H,1-4H3. The fraction of sp³-hybridized carbons (Fsp3) is 0.238. The van der Waals surface area contributed by atoms with Gasteiger partial charge in [0.1, 0.15) is 11.3 Å². The highest BCUT2D eigenvalue weighted by molar-refractivity contribution is 5.99. The van der Waals surface area contributed by atoms with E-state index < -0.39 is 6.04 Å². The molecular weight excluding hydrogens is 362 g/mol. The summed E-state index contributed by atoms with van der Waals surface area (Å²) in [6.07, 6.45) is 0. The number of fused-ring (bicyclic) bond motifs is 2. The second kappa shape index (κ2) is 6.60. The van der Waals surface area contributed by atoms with Gasteiger partial charge in [0.15, 0.2) is 16.9 Å². The van der Waals surface area contributed by atoms with Gasteiger partial charge in [0.2, 0.25) is 5.76 Å². The van der Waals surface area contributed by atoms with E-state index in [1.54, 1.807) is 43.4 Å². The molecule has 0 aliphatic carbocycles. The highest BCUT2D eigenvalue weighted by atomic mass is 16.5. The first-order chi connectivity index (χ1) is 13.5. The second-order valence-corrected chi connectivity index (χ2v) is 6.44. The SMILES string of the molecule is COc1cc(OC)c(C2c3c(oc4ccccc4c3=O)C(=O)N2C)cc1OC. The van der Waals surface area contributed by atoms with E-state index in [9.17, 15) is 9.59 Å². The molecule has 2 aromatic carbocycles. The molecular formula is C21H19NO6. The monoisotopic (exact) mass is 381 g/mol. The van der Waals surface area contributed by atoms with Crippen molar-refractivity contribution < 1.29 is 23.4 Å². The van der Waals surface area contributed by atoms with E-state index in [2.05, 4.69) is 0 Å². The maximum atomic E-state index is 13.2. The fourth-order valence-electron chi connectivity index (χ4n) is 3.67. The number of ether oxygens (including phenoxy) is 3. The van der Waals surface area contributed by atoms with Gasteiger partial charge in [-0.3, -0.25) is 9.59 Å². The van der Waals surface area contributed by atoms with Crippen molar-refractivity contribution in [2.24, 2.45) is 0 Å². The van der Waals surface area contributed by atoms with Crippen LogP contribution >= 0.6 is 0 Å². The third-order valence-electron chi connectivity index (χ3n) is 5.04. The van der Waals surface area contributed by atoms with Gasteiger partial charge in [-0.15, -0.1) is 0 Å². The minimum atomic E-state index is -0.668. The molecule has 1 aliphatic rings. The molecule has 0 saturated heterocycles. The van der Waals surface area contributed by atoms with E-state index in [0.29, 0.717) is 33.8 Å². The number of hydrogen-bond acceptors (Lipinski definition) is 6. The van der Waals surface area contributed by atoms with Crippen molar-refractivity contribution in [2.75, 3.05) is 28.4 Å².